The molecule has 0 atom stereocenters. The van der Waals surface area contributed by atoms with E-state index in [4.69, 9.17) is 19.8 Å². The van der Waals surface area contributed by atoms with Gasteiger partial charge in [0.25, 0.3) is 0 Å². The van der Waals surface area contributed by atoms with Crippen molar-refractivity contribution in [3.05, 3.63) is 0 Å². The Morgan fingerprint density at radius 1 is 0.875 bits per heavy atom. The number of unbranched alkanes of at least 4 members (excludes halogenated alkanes) is 2. The molecular weight excluding hydrogens is 212 g/mol. The summed E-state index contributed by atoms with van der Waals surface area (Å²) in [6, 6.07) is 0. The van der Waals surface area contributed by atoms with E-state index in [1.54, 1.807) is 0 Å². The summed E-state index contributed by atoms with van der Waals surface area (Å²) in [5, 5.41) is 17.9. The van der Waals surface area contributed by atoms with Crippen molar-refractivity contribution in [2.75, 3.05) is 13.1 Å². The minimum atomic E-state index is -2.19. The molecule has 0 aromatic carbocycles. The van der Waals surface area contributed by atoms with E-state index in [1.807, 2.05) is 0 Å². The lowest BCUT2D eigenvalue weighted by Crippen LogP contribution is -2.49. The molecule has 0 saturated heterocycles. The Bertz CT molecular complexity index is 141. The van der Waals surface area contributed by atoms with Crippen molar-refractivity contribution < 1.29 is 31.3 Å². The molecule has 0 fully saturated rings. The SMILES string of the molecule is CCCC[NH3+].CCCC[NH3+].O=C([O-])C(=O)[O-]. The van der Waals surface area contributed by atoms with E-state index in [2.05, 4.69) is 25.3 Å². The molecule has 0 rings (SSSR count). The summed E-state index contributed by atoms with van der Waals surface area (Å²) in [7, 11) is 0. The zero-order valence-corrected chi connectivity index (χ0v) is 10.3. The van der Waals surface area contributed by atoms with Crippen LogP contribution in [0.1, 0.15) is 39.5 Å². The lowest BCUT2D eigenvalue weighted by atomic mass is 10.3. The molecule has 0 aliphatic heterocycles. The summed E-state index contributed by atoms with van der Waals surface area (Å²) in [4.78, 5) is 17.9. The van der Waals surface area contributed by atoms with Gasteiger partial charge in [0, 0.05) is 0 Å². The van der Waals surface area contributed by atoms with Crippen molar-refractivity contribution in [3.8, 4) is 0 Å². The van der Waals surface area contributed by atoms with E-state index >= 15 is 0 Å². The molecule has 0 heterocycles. The minimum Gasteiger partial charge on any atom is -0.543 e. The molecule has 0 amide bonds. The maximum atomic E-state index is 8.93. The monoisotopic (exact) mass is 236 g/mol. The van der Waals surface area contributed by atoms with Gasteiger partial charge in [0.15, 0.2) is 0 Å². The maximum absolute atomic E-state index is 8.93. The predicted octanol–water partition coefficient (Wildman–Crippen LogP) is -3.46. The van der Waals surface area contributed by atoms with E-state index in [-0.39, 0.29) is 0 Å². The van der Waals surface area contributed by atoms with Gasteiger partial charge < -0.3 is 31.3 Å². The molecule has 0 saturated carbocycles. The number of rotatable bonds is 4. The van der Waals surface area contributed by atoms with Crippen LogP contribution >= 0.6 is 0 Å². The zero-order valence-electron chi connectivity index (χ0n) is 10.3. The molecule has 0 bridgehead atoms. The van der Waals surface area contributed by atoms with Crippen LogP contribution < -0.4 is 21.7 Å². The first-order valence-electron chi connectivity index (χ1n) is 5.48. The highest BCUT2D eigenvalue weighted by molar-refractivity contribution is 6.25. The fourth-order valence-corrected chi connectivity index (χ4v) is 0.500. The van der Waals surface area contributed by atoms with Crippen LogP contribution in [-0.4, -0.2) is 25.0 Å². The molecule has 0 spiro atoms. The van der Waals surface area contributed by atoms with Gasteiger partial charge in [0.2, 0.25) is 0 Å². The van der Waals surface area contributed by atoms with Crippen LogP contribution in [0.5, 0.6) is 0 Å². The molecule has 98 valence electrons. The van der Waals surface area contributed by atoms with Crippen LogP contribution in [-0.2, 0) is 9.59 Å². The first kappa shape index (κ1) is 20.3. The number of aliphatic carboxylic acids is 2. The number of quaternary nitrogens is 2. The molecule has 16 heavy (non-hydrogen) atoms. The van der Waals surface area contributed by atoms with Gasteiger partial charge in [-0.05, 0) is 12.8 Å². The van der Waals surface area contributed by atoms with Gasteiger partial charge >= 0.3 is 0 Å². The van der Waals surface area contributed by atoms with E-state index in [1.165, 1.54) is 25.7 Å². The average molecular weight is 236 g/mol. The second-order valence-corrected chi connectivity index (χ2v) is 2.99. The third kappa shape index (κ3) is 38.4. The molecule has 0 aliphatic carbocycles. The van der Waals surface area contributed by atoms with Crippen molar-refractivity contribution in [1.29, 1.82) is 0 Å². The average Bonchev–Trinajstić information content (AvgIpc) is 2.22. The van der Waals surface area contributed by atoms with Crippen molar-refractivity contribution in [2.24, 2.45) is 0 Å². The van der Waals surface area contributed by atoms with E-state index < -0.39 is 11.9 Å². The predicted molar refractivity (Wildman–Crippen MR) is 55.3 cm³/mol. The van der Waals surface area contributed by atoms with Crippen LogP contribution in [0.2, 0.25) is 0 Å². The zero-order chi connectivity index (χ0) is 13.4. The molecule has 0 aliphatic rings. The second kappa shape index (κ2) is 19.4. The highest BCUT2D eigenvalue weighted by Crippen LogP contribution is 1.76. The molecular formula is C10H24N2O4. The van der Waals surface area contributed by atoms with Crippen LogP contribution in [0.15, 0.2) is 0 Å². The Morgan fingerprint density at radius 2 is 1.12 bits per heavy atom. The van der Waals surface area contributed by atoms with Gasteiger partial charge in [-0.15, -0.1) is 0 Å². The molecule has 6 N–H and O–H groups in total. The Kier molecular flexibility index (Phi) is 24.7. The van der Waals surface area contributed by atoms with E-state index in [0.29, 0.717) is 0 Å². The van der Waals surface area contributed by atoms with Crippen LogP contribution in [0, 0.1) is 0 Å². The molecule has 0 unspecified atom stereocenters. The lowest BCUT2D eigenvalue weighted by Gasteiger charge is -1.97. The molecule has 6 nitrogen and oxygen atoms in total. The van der Waals surface area contributed by atoms with Gasteiger partial charge in [-0.2, -0.15) is 0 Å². The van der Waals surface area contributed by atoms with Crippen molar-refractivity contribution in [2.45, 2.75) is 39.5 Å². The van der Waals surface area contributed by atoms with Crippen molar-refractivity contribution in [1.82, 2.24) is 0 Å². The summed E-state index contributed by atoms with van der Waals surface area (Å²) in [5.74, 6) is -4.37. The molecule has 0 radical (unpaired) electrons. The summed E-state index contributed by atoms with van der Waals surface area (Å²) in [6.07, 6.45) is 5.12. The molecule has 0 aromatic rings. The topological polar surface area (TPSA) is 136 Å². The Morgan fingerprint density at radius 3 is 1.12 bits per heavy atom. The third-order valence-electron chi connectivity index (χ3n) is 1.37. The minimum absolute atomic E-state index is 1.09. The van der Waals surface area contributed by atoms with Crippen LogP contribution in [0.4, 0.5) is 0 Å². The number of carbonyl (C=O) groups excluding carboxylic acids is 2. The molecule has 6 heteroatoms. The Hall–Kier alpha value is -1.14. The standard InChI is InChI=1S/2C4H11N.C2H2O4/c2*1-2-3-4-5;3-1(4)2(5)6/h2*2-5H2,1H3;(H,3,4)(H,5,6). The highest BCUT2D eigenvalue weighted by Gasteiger charge is 1.75. The maximum Gasteiger partial charge on any atom is 0.0870 e. The quantitative estimate of drug-likeness (QED) is 0.490. The number of hydrogen-bond acceptors (Lipinski definition) is 4. The summed E-state index contributed by atoms with van der Waals surface area (Å²) in [5.41, 5.74) is 7.35. The largest absolute Gasteiger partial charge is 0.543 e. The summed E-state index contributed by atoms with van der Waals surface area (Å²) in [6.45, 7) is 6.53. The van der Waals surface area contributed by atoms with Crippen LogP contribution in [0.25, 0.3) is 0 Å². The number of carbonyl (C=O) groups is 2. The van der Waals surface area contributed by atoms with Gasteiger partial charge in [0.05, 0.1) is 25.0 Å². The normalized spacial score (nSPS) is 8.00. The first-order valence-corrected chi connectivity index (χ1v) is 5.48. The summed E-state index contributed by atoms with van der Waals surface area (Å²) >= 11 is 0. The van der Waals surface area contributed by atoms with E-state index in [0.717, 1.165) is 13.1 Å². The number of carboxylic acids is 2. The van der Waals surface area contributed by atoms with Gasteiger partial charge in [-0.25, -0.2) is 0 Å². The van der Waals surface area contributed by atoms with Gasteiger partial charge in [0.1, 0.15) is 0 Å². The first-order chi connectivity index (χ1) is 7.47. The van der Waals surface area contributed by atoms with Crippen LogP contribution in [0.3, 0.4) is 0 Å². The van der Waals surface area contributed by atoms with E-state index in [9.17, 15) is 0 Å². The lowest BCUT2D eigenvalue weighted by molar-refractivity contribution is -0.368. The number of carboxylic acid groups (broad SMARTS) is 2. The third-order valence-corrected chi connectivity index (χ3v) is 1.37. The second-order valence-electron chi connectivity index (χ2n) is 2.99. The molecule has 0 aromatic heterocycles. The Labute approximate surface area is 96.6 Å². The van der Waals surface area contributed by atoms with Crippen molar-refractivity contribution >= 4 is 11.9 Å². The fraction of sp³-hybridized carbons (Fsp3) is 0.800. The van der Waals surface area contributed by atoms with Crippen molar-refractivity contribution in [3.63, 3.8) is 0 Å². The number of hydrogen-bond donors (Lipinski definition) is 2. The fourth-order valence-electron chi connectivity index (χ4n) is 0.500. The smallest absolute Gasteiger partial charge is 0.0870 e. The highest BCUT2D eigenvalue weighted by atomic mass is 16.4. The van der Waals surface area contributed by atoms with Gasteiger partial charge in [-0.3, -0.25) is 0 Å². The Balaban J connectivity index is -0.000000160. The summed E-state index contributed by atoms with van der Waals surface area (Å²) < 4.78 is 0. The van der Waals surface area contributed by atoms with Gasteiger partial charge in [-0.1, -0.05) is 26.7 Å².